The molecule has 214 valence electrons. The predicted octanol–water partition coefficient (Wildman–Crippen LogP) is 6.46. The fraction of sp³-hybridized carbons (Fsp3) is 0.607. The van der Waals surface area contributed by atoms with Crippen LogP contribution in [0.3, 0.4) is 0 Å². The highest BCUT2D eigenvalue weighted by atomic mass is 32.2. The molecule has 39 heavy (non-hydrogen) atoms. The van der Waals surface area contributed by atoms with Crippen molar-refractivity contribution in [2.45, 2.75) is 101 Å². The first-order valence-electron chi connectivity index (χ1n) is 14.0. The highest BCUT2D eigenvalue weighted by Gasteiger charge is 2.60. The van der Waals surface area contributed by atoms with Crippen molar-refractivity contribution >= 4 is 40.6 Å². The first-order chi connectivity index (χ1) is 18.4. The summed E-state index contributed by atoms with van der Waals surface area (Å²) in [4.78, 5) is 29.8. The molecule has 0 radical (unpaired) electrons. The van der Waals surface area contributed by atoms with E-state index in [1.807, 2.05) is 6.07 Å². The van der Waals surface area contributed by atoms with Gasteiger partial charge >= 0.3 is 22.8 Å². The van der Waals surface area contributed by atoms with E-state index in [1.165, 1.54) is 0 Å². The summed E-state index contributed by atoms with van der Waals surface area (Å²) in [7, 11) is -5.30. The van der Waals surface area contributed by atoms with Crippen LogP contribution in [0, 0.1) is 0 Å². The van der Waals surface area contributed by atoms with Gasteiger partial charge in [0.25, 0.3) is 5.91 Å². The van der Waals surface area contributed by atoms with Gasteiger partial charge in [0.05, 0.1) is 23.3 Å². The smallest absolute Gasteiger partial charge is 0.350 e. The van der Waals surface area contributed by atoms with Gasteiger partial charge < -0.3 is 18.3 Å². The maximum absolute atomic E-state index is 13.1. The maximum Gasteiger partial charge on any atom is 0.350 e. The summed E-state index contributed by atoms with van der Waals surface area (Å²) in [5.41, 5.74) is 1.20. The van der Waals surface area contributed by atoms with Crippen LogP contribution in [-0.2, 0) is 13.0 Å². The van der Waals surface area contributed by atoms with Crippen LogP contribution in [0.1, 0.15) is 77.5 Å². The Kier molecular flexibility index (Phi) is 9.29. The molecule has 2 saturated heterocycles. The molecular weight excluding hydrogens is 547 g/mol. The zero-order valence-electron chi connectivity index (χ0n) is 24.3. The zero-order valence-corrected chi connectivity index (χ0v) is 27.2. The van der Waals surface area contributed by atoms with Gasteiger partial charge in [-0.3, -0.25) is 9.36 Å². The fourth-order valence-electron chi connectivity index (χ4n) is 5.79. The highest BCUT2D eigenvalue weighted by molar-refractivity contribution is 8.00. The van der Waals surface area contributed by atoms with Crippen molar-refractivity contribution in [3.63, 3.8) is 0 Å². The number of amides is 1. The Bertz CT molecular complexity index is 1190. The fourth-order valence-corrected chi connectivity index (χ4v) is 18.7. The molecule has 0 unspecified atom stereocenters. The van der Waals surface area contributed by atoms with Crippen LogP contribution < -0.4 is 11.0 Å². The van der Waals surface area contributed by atoms with Gasteiger partial charge in [-0.2, -0.15) is 4.98 Å². The number of rotatable bonds is 7. The minimum absolute atomic E-state index is 0.0767. The highest BCUT2D eigenvalue weighted by Crippen LogP contribution is 2.51. The van der Waals surface area contributed by atoms with Crippen LogP contribution >= 0.6 is 11.8 Å². The van der Waals surface area contributed by atoms with Gasteiger partial charge in [-0.25, -0.2) is 4.79 Å². The second kappa shape index (κ2) is 12.0. The third-order valence-corrected chi connectivity index (χ3v) is 19.7. The Morgan fingerprint density at radius 1 is 0.974 bits per heavy atom. The number of hydrogen-bond acceptors (Lipinski definition) is 7. The Hall–Kier alpha value is -1.77. The monoisotopic (exact) mass is 589 g/mol. The van der Waals surface area contributed by atoms with Crippen LogP contribution in [-0.4, -0.2) is 50.5 Å². The molecule has 8 nitrogen and oxygen atoms in total. The summed E-state index contributed by atoms with van der Waals surface area (Å²) >= 11 is 1.72. The van der Waals surface area contributed by atoms with Crippen LogP contribution in [0.4, 0.5) is 5.82 Å². The lowest BCUT2D eigenvalue weighted by Crippen LogP contribution is -2.64. The first-order valence-corrected chi connectivity index (χ1v) is 18.9. The Morgan fingerprint density at radius 2 is 1.59 bits per heavy atom. The molecule has 4 rings (SSSR count). The van der Waals surface area contributed by atoms with E-state index in [2.05, 4.69) is 65.7 Å². The van der Waals surface area contributed by atoms with Crippen molar-refractivity contribution in [1.29, 1.82) is 0 Å². The quantitative estimate of drug-likeness (QED) is 0.371. The summed E-state index contributed by atoms with van der Waals surface area (Å²) in [5.74, 6) is -0.0611. The summed E-state index contributed by atoms with van der Waals surface area (Å²) in [6.07, 6.45) is 2.32. The van der Waals surface area contributed by atoms with Crippen LogP contribution in [0.15, 0.2) is 47.4 Å². The lowest BCUT2D eigenvalue weighted by molar-refractivity contribution is 0.0706. The van der Waals surface area contributed by atoms with Crippen molar-refractivity contribution in [1.82, 2.24) is 9.55 Å². The van der Waals surface area contributed by atoms with Gasteiger partial charge in [0.2, 0.25) is 0 Å². The maximum atomic E-state index is 13.1. The Morgan fingerprint density at radius 3 is 2.15 bits per heavy atom. The second-order valence-corrected chi connectivity index (χ2v) is 22.1. The summed E-state index contributed by atoms with van der Waals surface area (Å²) in [5, 5.41) is 2.68. The average molecular weight is 590 g/mol. The number of benzene rings is 1. The number of anilines is 1. The van der Waals surface area contributed by atoms with E-state index in [0.29, 0.717) is 18.6 Å². The third kappa shape index (κ3) is 5.98. The molecule has 0 saturated carbocycles. The van der Waals surface area contributed by atoms with Gasteiger partial charge in [0, 0.05) is 18.2 Å². The minimum atomic E-state index is -2.70. The number of carbonyl (C=O) groups excluding carboxylic acids is 1. The molecule has 2 aromatic rings. The number of carbonyl (C=O) groups is 1. The average Bonchev–Trinajstić information content (AvgIpc) is 3.25. The summed E-state index contributed by atoms with van der Waals surface area (Å²) in [6.45, 7) is 18.3. The molecule has 1 aromatic carbocycles. The number of nitrogens with zero attached hydrogens (tertiary/aromatic N) is 2. The van der Waals surface area contributed by atoms with Crippen molar-refractivity contribution < 1.29 is 17.8 Å². The van der Waals surface area contributed by atoms with Gasteiger partial charge in [0.1, 0.15) is 5.82 Å². The standard InChI is InChI=1S/C28H43N3O5SSi2/c1-18(2)38(19(3)4)34-17-24-23(35-39(36-38,20(5)6)21(7)8)16-26(37-24)31-15-14-25(30-28(31)33)29-27(32)22-12-10-9-11-13-22/h9-15,18-21,23-24,26H,16-17H2,1-8H3,(H,29,30,32,33)/t23-,24+,26+/m0/s1. The van der Waals surface area contributed by atoms with Crippen molar-refractivity contribution in [3.05, 3.63) is 58.6 Å². The van der Waals surface area contributed by atoms with Gasteiger partial charge in [-0.1, -0.05) is 73.6 Å². The molecule has 0 aliphatic carbocycles. The molecular formula is C28H43N3O5SSi2. The normalized spacial score (nSPS) is 24.6. The molecule has 1 amide bonds. The molecule has 1 aromatic heterocycles. The molecule has 1 N–H and O–H groups in total. The summed E-state index contributed by atoms with van der Waals surface area (Å²) < 4.78 is 23.0. The van der Waals surface area contributed by atoms with Gasteiger partial charge in [-0.15, -0.1) is 11.8 Å². The van der Waals surface area contributed by atoms with E-state index >= 15 is 0 Å². The summed E-state index contributed by atoms with van der Waals surface area (Å²) in [6, 6.07) is 10.6. The molecule has 11 heteroatoms. The Balaban J connectivity index is 1.59. The van der Waals surface area contributed by atoms with Gasteiger partial charge in [0.15, 0.2) is 0 Å². The zero-order chi connectivity index (χ0) is 28.5. The van der Waals surface area contributed by atoms with Crippen LogP contribution in [0.5, 0.6) is 0 Å². The number of aromatic nitrogens is 2. The number of fused-ring (bicyclic) bond motifs is 1. The SMILES string of the molecule is CC(C)[Si]1(C(C)C)OC[C@H]2S[C@@H](n3ccc(NC(=O)c4ccccc4)nc3=O)C[C@@H]2O[Si](C(C)C)(C(C)C)O1. The molecule has 2 aliphatic rings. The van der Waals surface area contributed by atoms with Crippen LogP contribution in [0.2, 0.25) is 22.2 Å². The van der Waals surface area contributed by atoms with E-state index in [1.54, 1.807) is 52.9 Å². The Labute approximate surface area is 238 Å². The number of nitrogens with one attached hydrogen (secondary N) is 1. The topological polar surface area (TPSA) is 91.7 Å². The van der Waals surface area contributed by atoms with E-state index in [-0.39, 0.29) is 50.6 Å². The molecule has 2 fully saturated rings. The molecule has 0 bridgehead atoms. The van der Waals surface area contributed by atoms with Crippen molar-refractivity contribution in [2.75, 3.05) is 11.9 Å². The number of hydrogen-bond donors (Lipinski definition) is 1. The minimum Gasteiger partial charge on any atom is -0.414 e. The van der Waals surface area contributed by atoms with Crippen LogP contribution in [0.25, 0.3) is 0 Å². The molecule has 2 aliphatic heterocycles. The van der Waals surface area contributed by atoms with E-state index in [0.717, 1.165) is 0 Å². The third-order valence-electron chi connectivity index (χ3n) is 7.95. The molecule has 3 heterocycles. The second-order valence-electron chi connectivity index (χ2n) is 11.8. The molecule has 0 spiro atoms. The van der Waals surface area contributed by atoms with Crippen molar-refractivity contribution in [2.24, 2.45) is 0 Å². The van der Waals surface area contributed by atoms with E-state index in [9.17, 15) is 9.59 Å². The largest absolute Gasteiger partial charge is 0.414 e. The first kappa shape index (κ1) is 30.2. The molecule has 3 atom stereocenters. The van der Waals surface area contributed by atoms with E-state index < -0.39 is 22.8 Å². The lowest BCUT2D eigenvalue weighted by Gasteiger charge is -2.51. The predicted molar refractivity (Wildman–Crippen MR) is 162 cm³/mol. The lowest BCUT2D eigenvalue weighted by atomic mass is 10.2. The van der Waals surface area contributed by atoms with E-state index in [4.69, 9.17) is 13.0 Å². The number of thioether (sulfide) groups is 1. The van der Waals surface area contributed by atoms with Gasteiger partial charge in [-0.05, 0) is 40.4 Å². The van der Waals surface area contributed by atoms with Crippen molar-refractivity contribution in [3.8, 4) is 0 Å².